The largest absolute Gasteiger partial charge is 0.452 e. The van der Waals surface area contributed by atoms with E-state index in [2.05, 4.69) is 10.1 Å². The maximum absolute atomic E-state index is 12.6. The molecule has 32 heavy (non-hydrogen) atoms. The summed E-state index contributed by atoms with van der Waals surface area (Å²) in [6, 6.07) is 9.31. The third-order valence-electron chi connectivity index (χ3n) is 5.20. The van der Waals surface area contributed by atoms with E-state index in [0.717, 1.165) is 23.3 Å². The molecule has 0 spiro atoms. The standard InChI is InChI=1S/C22H29F3N2O5/c1-3-7-18(16-8-5-4-6-9-16)26-19(28)15(2)32-20(29)17-10-12-27(13-11-17)21(30)31-14-22(23,24)25/h4-6,8-9,15,17-18H,3,7,10-14H2,1-2H3,(H,26,28). The summed E-state index contributed by atoms with van der Waals surface area (Å²) in [6.07, 6.45) is -4.62. The molecular formula is C22H29F3N2O5. The number of ether oxygens (including phenoxy) is 2. The highest BCUT2D eigenvalue weighted by Crippen LogP contribution is 2.22. The van der Waals surface area contributed by atoms with Crippen molar-refractivity contribution in [1.29, 1.82) is 0 Å². The molecule has 1 saturated heterocycles. The third kappa shape index (κ3) is 8.05. The first-order chi connectivity index (χ1) is 15.1. The number of amides is 2. The summed E-state index contributed by atoms with van der Waals surface area (Å²) in [5.41, 5.74) is 0.964. The molecule has 10 heteroatoms. The number of likely N-dealkylation sites (tertiary alicyclic amines) is 1. The molecule has 2 rings (SSSR count). The highest BCUT2D eigenvalue weighted by atomic mass is 19.4. The van der Waals surface area contributed by atoms with E-state index in [0.29, 0.717) is 0 Å². The molecule has 7 nitrogen and oxygen atoms in total. The van der Waals surface area contributed by atoms with Gasteiger partial charge in [0.15, 0.2) is 12.7 Å². The van der Waals surface area contributed by atoms with E-state index in [9.17, 15) is 27.6 Å². The second kappa shape index (κ2) is 11.7. The zero-order valence-electron chi connectivity index (χ0n) is 18.2. The number of carbonyl (C=O) groups excluding carboxylic acids is 3. The maximum Gasteiger partial charge on any atom is 0.422 e. The molecule has 2 unspecified atom stereocenters. The summed E-state index contributed by atoms with van der Waals surface area (Å²) < 4.78 is 46.0. The summed E-state index contributed by atoms with van der Waals surface area (Å²) >= 11 is 0. The van der Waals surface area contributed by atoms with Gasteiger partial charge in [0, 0.05) is 13.1 Å². The normalized spacial score (nSPS) is 16.7. The molecule has 1 aromatic rings. The molecule has 1 heterocycles. The van der Waals surface area contributed by atoms with Crippen molar-refractivity contribution in [2.75, 3.05) is 19.7 Å². The van der Waals surface area contributed by atoms with Crippen molar-refractivity contribution in [2.24, 2.45) is 5.92 Å². The van der Waals surface area contributed by atoms with Crippen LogP contribution in [0.25, 0.3) is 0 Å². The van der Waals surface area contributed by atoms with Crippen LogP contribution >= 0.6 is 0 Å². The second-order valence-electron chi connectivity index (χ2n) is 7.77. The Kier molecular flexibility index (Phi) is 9.34. The van der Waals surface area contributed by atoms with Gasteiger partial charge in [-0.3, -0.25) is 9.59 Å². The summed E-state index contributed by atoms with van der Waals surface area (Å²) in [5.74, 6) is -1.52. The maximum atomic E-state index is 12.6. The smallest absolute Gasteiger partial charge is 0.422 e. The Morgan fingerprint density at radius 3 is 2.34 bits per heavy atom. The first kappa shape index (κ1) is 25.5. The molecule has 0 aliphatic carbocycles. The first-order valence-electron chi connectivity index (χ1n) is 10.6. The summed E-state index contributed by atoms with van der Waals surface area (Å²) in [4.78, 5) is 37.8. The van der Waals surface area contributed by atoms with Crippen molar-refractivity contribution in [1.82, 2.24) is 10.2 Å². The number of esters is 1. The molecule has 1 aliphatic heterocycles. The van der Waals surface area contributed by atoms with Crippen LogP contribution in [0.15, 0.2) is 30.3 Å². The van der Waals surface area contributed by atoms with Crippen LogP contribution in [0.2, 0.25) is 0 Å². The first-order valence-corrected chi connectivity index (χ1v) is 10.6. The second-order valence-corrected chi connectivity index (χ2v) is 7.77. The number of nitrogens with zero attached hydrogens (tertiary/aromatic N) is 1. The van der Waals surface area contributed by atoms with Crippen LogP contribution in [-0.2, 0) is 19.1 Å². The van der Waals surface area contributed by atoms with Crippen LogP contribution in [0.3, 0.4) is 0 Å². The number of alkyl halides is 3. The summed E-state index contributed by atoms with van der Waals surface area (Å²) in [6.45, 7) is 2.00. The van der Waals surface area contributed by atoms with Crippen molar-refractivity contribution in [3.63, 3.8) is 0 Å². The van der Waals surface area contributed by atoms with E-state index in [1.54, 1.807) is 0 Å². The number of benzene rings is 1. The van der Waals surface area contributed by atoms with Crippen LogP contribution in [-0.4, -0.2) is 54.8 Å². The molecule has 2 atom stereocenters. The third-order valence-corrected chi connectivity index (χ3v) is 5.20. The van der Waals surface area contributed by atoms with Crippen molar-refractivity contribution in [3.8, 4) is 0 Å². The SMILES string of the molecule is CCCC(NC(=O)C(C)OC(=O)C1CCN(C(=O)OCC(F)(F)F)CC1)c1ccccc1. The van der Waals surface area contributed by atoms with Gasteiger partial charge in [-0.05, 0) is 31.7 Å². The van der Waals surface area contributed by atoms with Crippen LogP contribution in [0.5, 0.6) is 0 Å². The Balaban J connectivity index is 1.81. The van der Waals surface area contributed by atoms with Gasteiger partial charge in [-0.1, -0.05) is 43.7 Å². The lowest BCUT2D eigenvalue weighted by Gasteiger charge is -2.30. The molecular weight excluding hydrogens is 429 g/mol. The molecule has 2 amide bonds. The van der Waals surface area contributed by atoms with Gasteiger partial charge in [-0.25, -0.2) is 4.79 Å². The Morgan fingerprint density at radius 2 is 1.78 bits per heavy atom. The molecule has 1 aromatic carbocycles. The number of hydrogen-bond donors (Lipinski definition) is 1. The van der Waals surface area contributed by atoms with Gasteiger partial charge in [0.2, 0.25) is 0 Å². The fraction of sp³-hybridized carbons (Fsp3) is 0.591. The molecule has 1 aliphatic rings. The molecule has 0 bridgehead atoms. The predicted octanol–water partition coefficient (Wildman–Crippen LogP) is 3.99. The molecule has 1 fully saturated rings. The molecule has 1 N–H and O–H groups in total. The van der Waals surface area contributed by atoms with Gasteiger partial charge in [0.25, 0.3) is 5.91 Å². The average molecular weight is 458 g/mol. The topological polar surface area (TPSA) is 84.9 Å². The number of halogens is 3. The van der Waals surface area contributed by atoms with E-state index in [1.165, 1.54) is 6.92 Å². The van der Waals surface area contributed by atoms with E-state index < -0.39 is 42.8 Å². The van der Waals surface area contributed by atoms with Crippen LogP contribution in [0.4, 0.5) is 18.0 Å². The number of nitrogens with one attached hydrogen (secondary N) is 1. The monoisotopic (exact) mass is 458 g/mol. The summed E-state index contributed by atoms with van der Waals surface area (Å²) in [7, 11) is 0. The number of carbonyl (C=O) groups is 3. The van der Waals surface area contributed by atoms with Crippen molar-refractivity contribution < 1.29 is 37.0 Å². The lowest BCUT2D eigenvalue weighted by molar-refractivity contribution is -0.163. The van der Waals surface area contributed by atoms with Crippen LogP contribution < -0.4 is 5.32 Å². The zero-order valence-corrected chi connectivity index (χ0v) is 18.2. The van der Waals surface area contributed by atoms with Crippen LogP contribution in [0, 0.1) is 5.92 Å². The van der Waals surface area contributed by atoms with E-state index in [1.807, 2.05) is 37.3 Å². The van der Waals surface area contributed by atoms with E-state index in [-0.39, 0.29) is 32.0 Å². The van der Waals surface area contributed by atoms with Gasteiger partial charge >= 0.3 is 18.2 Å². The Bertz CT molecular complexity index is 765. The highest BCUT2D eigenvalue weighted by Gasteiger charge is 2.34. The van der Waals surface area contributed by atoms with Crippen molar-refractivity contribution >= 4 is 18.0 Å². The predicted molar refractivity (Wildman–Crippen MR) is 109 cm³/mol. The van der Waals surface area contributed by atoms with Gasteiger partial charge < -0.3 is 19.7 Å². The Labute approximate surface area is 185 Å². The Hall–Kier alpha value is -2.78. The zero-order chi connectivity index (χ0) is 23.7. The number of rotatable bonds is 8. The molecule has 178 valence electrons. The van der Waals surface area contributed by atoms with E-state index in [4.69, 9.17) is 4.74 Å². The van der Waals surface area contributed by atoms with Gasteiger partial charge in [0.05, 0.1) is 12.0 Å². The quantitative estimate of drug-likeness (QED) is 0.596. The lowest BCUT2D eigenvalue weighted by atomic mass is 9.97. The number of piperidine rings is 1. The molecule has 0 saturated carbocycles. The van der Waals surface area contributed by atoms with Crippen molar-refractivity contribution in [3.05, 3.63) is 35.9 Å². The fourth-order valence-electron chi connectivity index (χ4n) is 3.44. The van der Waals surface area contributed by atoms with Gasteiger partial charge in [-0.2, -0.15) is 13.2 Å². The fourth-order valence-corrected chi connectivity index (χ4v) is 3.44. The minimum Gasteiger partial charge on any atom is -0.452 e. The van der Waals surface area contributed by atoms with Crippen LogP contribution in [0.1, 0.15) is 51.1 Å². The lowest BCUT2D eigenvalue weighted by Crippen LogP contribution is -2.43. The summed E-state index contributed by atoms with van der Waals surface area (Å²) in [5, 5.41) is 2.91. The minimum atomic E-state index is -4.59. The molecule has 0 radical (unpaired) electrons. The molecule has 0 aromatic heterocycles. The number of hydrogen-bond acceptors (Lipinski definition) is 5. The van der Waals surface area contributed by atoms with Gasteiger partial charge in [-0.15, -0.1) is 0 Å². The highest BCUT2D eigenvalue weighted by molar-refractivity contribution is 5.84. The Morgan fingerprint density at radius 1 is 1.16 bits per heavy atom. The van der Waals surface area contributed by atoms with Crippen molar-refractivity contribution in [2.45, 2.75) is 57.9 Å². The average Bonchev–Trinajstić information content (AvgIpc) is 2.77. The van der Waals surface area contributed by atoms with E-state index >= 15 is 0 Å². The van der Waals surface area contributed by atoms with Gasteiger partial charge in [0.1, 0.15) is 0 Å². The minimum absolute atomic E-state index is 0.0730.